The third-order valence-electron chi connectivity index (χ3n) is 3.66. The fourth-order valence-corrected chi connectivity index (χ4v) is 2.86. The molecule has 7 heteroatoms. The van der Waals surface area contributed by atoms with Gasteiger partial charge < -0.3 is 9.29 Å². The number of benzene rings is 2. The number of aromatic nitrogens is 1. The molecular formula is C19H14F3NO2S. The van der Waals surface area contributed by atoms with Crippen molar-refractivity contribution in [2.75, 3.05) is 0 Å². The largest absolute Gasteiger partial charge is 0.508 e. The number of hydrogen-bond donors (Lipinski definition) is 1. The highest BCUT2D eigenvalue weighted by atomic mass is 32.2. The number of aromatic hydroxyl groups is 1. The summed E-state index contributed by atoms with van der Waals surface area (Å²) >= 11 is -0.545. The first-order valence-electron chi connectivity index (χ1n) is 7.64. The molecule has 1 unspecified atom stereocenters. The lowest BCUT2D eigenvalue weighted by Gasteiger charge is -2.18. The van der Waals surface area contributed by atoms with E-state index in [4.69, 9.17) is 0 Å². The van der Waals surface area contributed by atoms with E-state index in [9.17, 15) is 18.3 Å². The van der Waals surface area contributed by atoms with E-state index in [1.807, 2.05) is 18.2 Å². The number of rotatable bonds is 5. The first-order valence-corrected chi connectivity index (χ1v) is 8.39. The van der Waals surface area contributed by atoms with Crippen molar-refractivity contribution in [3.05, 3.63) is 89.7 Å². The molecule has 0 fully saturated rings. The van der Waals surface area contributed by atoms with E-state index in [1.165, 1.54) is 12.1 Å². The maximum Gasteiger partial charge on any atom is 0.479 e. The quantitative estimate of drug-likeness (QED) is 0.595. The third kappa shape index (κ3) is 4.70. The van der Waals surface area contributed by atoms with Crippen LogP contribution in [-0.4, -0.2) is 15.6 Å². The molecule has 3 rings (SSSR count). The van der Waals surface area contributed by atoms with Gasteiger partial charge in [0.1, 0.15) is 11.5 Å². The summed E-state index contributed by atoms with van der Waals surface area (Å²) in [5.41, 5.74) is -1.92. The summed E-state index contributed by atoms with van der Waals surface area (Å²) in [6.07, 6.45) is 1.68. The predicted octanol–water partition coefficient (Wildman–Crippen LogP) is 5.51. The van der Waals surface area contributed by atoms with Gasteiger partial charge in [0.25, 0.3) is 0 Å². The van der Waals surface area contributed by atoms with Crippen LogP contribution in [0.5, 0.6) is 11.5 Å². The minimum atomic E-state index is -4.46. The number of alkyl halides is 3. The Morgan fingerprint density at radius 1 is 0.885 bits per heavy atom. The Kier molecular flexibility index (Phi) is 5.37. The summed E-state index contributed by atoms with van der Waals surface area (Å²) < 4.78 is 41.4. The van der Waals surface area contributed by atoms with Crippen molar-refractivity contribution in [3.8, 4) is 11.5 Å². The van der Waals surface area contributed by atoms with Crippen LogP contribution in [-0.2, 0) is 0 Å². The van der Waals surface area contributed by atoms with E-state index in [-0.39, 0.29) is 17.4 Å². The molecule has 0 aliphatic rings. The molecule has 1 aromatic heterocycles. The van der Waals surface area contributed by atoms with Gasteiger partial charge in [0.15, 0.2) is 12.0 Å². The molecule has 26 heavy (non-hydrogen) atoms. The van der Waals surface area contributed by atoms with E-state index in [0.29, 0.717) is 0 Å². The average molecular weight is 377 g/mol. The zero-order chi connectivity index (χ0) is 18.6. The van der Waals surface area contributed by atoms with Gasteiger partial charge in [-0.05, 0) is 47.5 Å². The van der Waals surface area contributed by atoms with Crippen molar-refractivity contribution >= 4 is 12.0 Å². The molecule has 0 bridgehead atoms. The normalized spacial score (nSPS) is 12.6. The van der Waals surface area contributed by atoms with Crippen molar-refractivity contribution in [2.24, 2.45) is 0 Å². The number of nitrogens with zero attached hydrogens (tertiary/aromatic N) is 1. The van der Waals surface area contributed by atoms with E-state index in [0.717, 1.165) is 16.8 Å². The second kappa shape index (κ2) is 7.70. The van der Waals surface area contributed by atoms with Gasteiger partial charge in [-0.3, -0.25) is 4.98 Å². The van der Waals surface area contributed by atoms with E-state index < -0.39 is 17.6 Å². The standard InChI is InChI=1S/C19H14F3NO2S/c20-19(21,22)26-25-16-10-6-14(7-11-16)18(17-3-1-2-12-23-17)13-4-8-15(24)9-5-13/h1-12,18,24H. The fraction of sp³-hybridized carbons (Fsp3) is 0.105. The summed E-state index contributed by atoms with van der Waals surface area (Å²) in [6.45, 7) is 0. The Hall–Kier alpha value is -2.67. The molecule has 0 saturated carbocycles. The first-order chi connectivity index (χ1) is 12.4. The fourth-order valence-electron chi connectivity index (χ4n) is 2.56. The highest BCUT2D eigenvalue weighted by Gasteiger charge is 2.31. The second-order valence-electron chi connectivity index (χ2n) is 5.46. The molecule has 1 N–H and O–H groups in total. The Labute approximate surface area is 152 Å². The van der Waals surface area contributed by atoms with Crippen LogP contribution >= 0.6 is 12.0 Å². The van der Waals surface area contributed by atoms with Gasteiger partial charge in [-0.1, -0.05) is 30.3 Å². The Morgan fingerprint density at radius 3 is 2.04 bits per heavy atom. The molecule has 0 aliphatic heterocycles. The molecule has 0 spiro atoms. The topological polar surface area (TPSA) is 42.4 Å². The van der Waals surface area contributed by atoms with E-state index >= 15 is 0 Å². The zero-order valence-corrected chi connectivity index (χ0v) is 14.2. The maximum absolute atomic E-state index is 12.2. The molecule has 2 aromatic carbocycles. The van der Waals surface area contributed by atoms with E-state index in [1.54, 1.807) is 42.6 Å². The van der Waals surface area contributed by atoms with Crippen LogP contribution in [0.3, 0.4) is 0 Å². The van der Waals surface area contributed by atoms with Crippen LogP contribution in [0.2, 0.25) is 0 Å². The minimum absolute atomic E-state index is 0.113. The molecule has 3 nitrogen and oxygen atoms in total. The second-order valence-corrected chi connectivity index (χ2v) is 6.26. The van der Waals surface area contributed by atoms with Crippen molar-refractivity contribution in [3.63, 3.8) is 0 Å². The molecule has 1 heterocycles. The molecule has 0 saturated heterocycles. The van der Waals surface area contributed by atoms with Gasteiger partial charge in [-0.25, -0.2) is 0 Å². The van der Waals surface area contributed by atoms with Gasteiger partial charge >= 0.3 is 5.51 Å². The number of phenols is 1. The molecule has 3 aromatic rings. The lowest BCUT2D eigenvalue weighted by atomic mass is 9.88. The van der Waals surface area contributed by atoms with Crippen molar-refractivity contribution in [1.29, 1.82) is 0 Å². The smallest absolute Gasteiger partial charge is 0.479 e. The molecule has 1 atom stereocenters. The predicted molar refractivity (Wildman–Crippen MR) is 94.0 cm³/mol. The van der Waals surface area contributed by atoms with Crippen LogP contribution in [0.1, 0.15) is 22.7 Å². The molecular weight excluding hydrogens is 363 g/mol. The molecule has 0 radical (unpaired) electrons. The van der Waals surface area contributed by atoms with Gasteiger partial charge in [0.2, 0.25) is 0 Å². The Bertz CT molecular complexity index is 837. The summed E-state index contributed by atoms with van der Waals surface area (Å²) in [6, 6.07) is 18.7. The zero-order valence-electron chi connectivity index (χ0n) is 13.4. The minimum Gasteiger partial charge on any atom is -0.508 e. The summed E-state index contributed by atoms with van der Waals surface area (Å²) in [4.78, 5) is 4.40. The van der Waals surface area contributed by atoms with Crippen molar-refractivity contribution < 1.29 is 22.5 Å². The lowest BCUT2D eigenvalue weighted by molar-refractivity contribution is -0.0369. The van der Waals surface area contributed by atoms with Gasteiger partial charge in [-0.2, -0.15) is 13.2 Å². The highest BCUT2D eigenvalue weighted by molar-refractivity contribution is 7.95. The highest BCUT2D eigenvalue weighted by Crippen LogP contribution is 2.35. The van der Waals surface area contributed by atoms with Crippen LogP contribution in [0.15, 0.2) is 72.9 Å². The van der Waals surface area contributed by atoms with Gasteiger partial charge in [0.05, 0.1) is 11.6 Å². The maximum atomic E-state index is 12.2. The summed E-state index contributed by atoms with van der Waals surface area (Å²) in [5.74, 6) is 0.0455. The van der Waals surface area contributed by atoms with Crippen LogP contribution in [0.25, 0.3) is 0 Å². The number of hydrogen-bond acceptors (Lipinski definition) is 4. The lowest BCUT2D eigenvalue weighted by Crippen LogP contribution is -2.05. The number of pyridine rings is 1. The van der Waals surface area contributed by atoms with Crippen LogP contribution in [0, 0.1) is 0 Å². The van der Waals surface area contributed by atoms with E-state index in [2.05, 4.69) is 9.17 Å². The third-order valence-corrected chi connectivity index (χ3v) is 4.12. The monoisotopic (exact) mass is 377 g/mol. The van der Waals surface area contributed by atoms with Gasteiger partial charge in [0, 0.05) is 6.20 Å². The Balaban J connectivity index is 1.91. The number of phenolic OH excluding ortho intramolecular Hbond substituents is 1. The molecule has 0 aliphatic carbocycles. The van der Waals surface area contributed by atoms with Gasteiger partial charge in [-0.15, -0.1) is 0 Å². The van der Waals surface area contributed by atoms with Crippen molar-refractivity contribution in [2.45, 2.75) is 11.4 Å². The number of halogens is 3. The Morgan fingerprint density at radius 2 is 1.50 bits per heavy atom. The SMILES string of the molecule is Oc1ccc(C(c2ccc(OSC(F)(F)F)cc2)c2ccccn2)cc1. The summed E-state index contributed by atoms with van der Waals surface area (Å²) in [7, 11) is 0. The average Bonchev–Trinajstić information content (AvgIpc) is 2.63. The summed E-state index contributed by atoms with van der Waals surface area (Å²) in [5, 5.41) is 9.51. The van der Waals surface area contributed by atoms with Crippen molar-refractivity contribution in [1.82, 2.24) is 4.98 Å². The van der Waals surface area contributed by atoms with Crippen LogP contribution in [0.4, 0.5) is 13.2 Å². The molecule has 134 valence electrons. The first kappa shape index (κ1) is 18.1. The van der Waals surface area contributed by atoms with Crippen LogP contribution < -0.4 is 4.18 Å². The molecule has 0 amide bonds.